The zero-order valence-corrected chi connectivity index (χ0v) is 17.4. The Hall–Kier alpha value is -2.58. The number of rotatable bonds is 4. The van der Waals surface area contributed by atoms with Gasteiger partial charge in [-0.05, 0) is 39.0 Å². The van der Waals surface area contributed by atoms with Crippen LogP contribution < -0.4 is 10.1 Å². The molecule has 0 atom stereocenters. The fraction of sp³-hybridized carbons (Fsp3) is 0.263. The number of fused-ring (bicyclic) bond motifs is 1. The molecule has 0 bridgehead atoms. The number of aromatic hydroxyl groups is 1. The molecule has 2 N–H and O–H groups in total. The molecule has 0 aliphatic carbocycles. The third-order valence-electron chi connectivity index (χ3n) is 4.23. The Balaban J connectivity index is 2.20. The predicted molar refractivity (Wildman–Crippen MR) is 109 cm³/mol. The van der Waals surface area contributed by atoms with E-state index in [2.05, 4.69) is 15.3 Å². The van der Waals surface area contributed by atoms with Crippen LogP contribution in [0.3, 0.4) is 0 Å². The van der Waals surface area contributed by atoms with Crippen LogP contribution in [-0.4, -0.2) is 35.3 Å². The number of benzene rings is 2. The van der Waals surface area contributed by atoms with E-state index in [1.165, 1.54) is 25.6 Å². The van der Waals surface area contributed by atoms with Crippen molar-refractivity contribution in [2.45, 2.75) is 30.4 Å². The number of aromatic nitrogens is 2. The zero-order chi connectivity index (χ0) is 20.7. The van der Waals surface area contributed by atoms with Gasteiger partial charge in [-0.3, -0.25) is 0 Å². The quantitative estimate of drug-likeness (QED) is 0.646. The van der Waals surface area contributed by atoms with Gasteiger partial charge in [-0.15, -0.1) is 0 Å². The second-order valence-corrected chi connectivity index (χ2v) is 10.2. The molecule has 3 rings (SSSR count). The van der Waals surface area contributed by atoms with Crippen molar-refractivity contribution >= 4 is 43.8 Å². The van der Waals surface area contributed by atoms with Gasteiger partial charge in [-0.25, -0.2) is 18.4 Å². The lowest BCUT2D eigenvalue weighted by Gasteiger charge is -2.21. The molecule has 28 heavy (non-hydrogen) atoms. The highest BCUT2D eigenvalue weighted by molar-refractivity contribution is 7.92. The second-order valence-electron chi connectivity index (χ2n) is 7.15. The predicted octanol–water partition coefficient (Wildman–Crippen LogP) is 4.31. The summed E-state index contributed by atoms with van der Waals surface area (Å²) in [6, 6.07) is 7.74. The summed E-state index contributed by atoms with van der Waals surface area (Å²) in [5, 5.41) is 13.6. The van der Waals surface area contributed by atoms with Crippen molar-refractivity contribution in [1.29, 1.82) is 0 Å². The molecule has 0 unspecified atom stereocenters. The zero-order valence-electron chi connectivity index (χ0n) is 15.8. The number of phenolic OH excluding ortho intramolecular Hbond substituents is 1. The van der Waals surface area contributed by atoms with Gasteiger partial charge in [0.05, 0.1) is 22.4 Å². The van der Waals surface area contributed by atoms with Gasteiger partial charge in [0.1, 0.15) is 28.5 Å². The van der Waals surface area contributed by atoms with Crippen LogP contribution in [0, 0.1) is 0 Å². The molecule has 0 aliphatic rings. The van der Waals surface area contributed by atoms with Gasteiger partial charge in [0, 0.05) is 23.2 Å². The smallest absolute Gasteiger partial charge is 0.186 e. The normalized spacial score (nSPS) is 12.2. The lowest BCUT2D eigenvalue weighted by atomic mass is 10.2. The number of nitrogens with zero attached hydrogens (tertiary/aromatic N) is 2. The number of anilines is 2. The van der Waals surface area contributed by atoms with Crippen molar-refractivity contribution in [1.82, 2.24) is 9.97 Å². The van der Waals surface area contributed by atoms with E-state index in [-0.39, 0.29) is 21.4 Å². The summed E-state index contributed by atoms with van der Waals surface area (Å²) in [6.07, 6.45) is 1.36. The second kappa shape index (κ2) is 7.10. The lowest BCUT2D eigenvalue weighted by molar-refractivity contribution is 0.402. The number of nitrogens with one attached hydrogen (secondary N) is 1. The van der Waals surface area contributed by atoms with E-state index in [1.807, 2.05) is 0 Å². The summed E-state index contributed by atoms with van der Waals surface area (Å²) in [4.78, 5) is 8.50. The molecule has 7 nitrogen and oxygen atoms in total. The maximum atomic E-state index is 13.0. The van der Waals surface area contributed by atoms with Crippen molar-refractivity contribution in [3.05, 3.63) is 41.7 Å². The molecule has 3 aromatic rings. The first-order valence-corrected chi connectivity index (χ1v) is 10.2. The summed E-state index contributed by atoms with van der Waals surface area (Å²) < 4.78 is 30.4. The molecule has 9 heteroatoms. The monoisotopic (exact) mass is 421 g/mol. The third kappa shape index (κ3) is 3.57. The first-order chi connectivity index (χ1) is 13.0. The highest BCUT2D eigenvalue weighted by atomic mass is 35.5. The van der Waals surface area contributed by atoms with Crippen LogP contribution in [0.25, 0.3) is 10.9 Å². The first-order valence-electron chi connectivity index (χ1n) is 8.37. The Labute approximate surface area is 168 Å². The maximum absolute atomic E-state index is 13.0. The van der Waals surface area contributed by atoms with Gasteiger partial charge in [0.25, 0.3) is 0 Å². The van der Waals surface area contributed by atoms with Crippen LogP contribution >= 0.6 is 11.6 Å². The fourth-order valence-electron chi connectivity index (χ4n) is 2.59. The van der Waals surface area contributed by atoms with E-state index < -0.39 is 14.6 Å². The van der Waals surface area contributed by atoms with Crippen LogP contribution in [0.5, 0.6) is 11.5 Å². The molecule has 0 aliphatic heterocycles. The van der Waals surface area contributed by atoms with Gasteiger partial charge < -0.3 is 15.2 Å². The number of methoxy groups -OCH3 is 1. The molecule has 2 aromatic carbocycles. The molecular weight excluding hydrogens is 402 g/mol. The molecular formula is C19H20ClN3O4S. The van der Waals surface area contributed by atoms with E-state index in [9.17, 15) is 13.5 Å². The average Bonchev–Trinajstić information content (AvgIpc) is 2.63. The van der Waals surface area contributed by atoms with Crippen LogP contribution in [0.15, 0.2) is 41.6 Å². The van der Waals surface area contributed by atoms with Crippen LogP contribution in [-0.2, 0) is 9.84 Å². The van der Waals surface area contributed by atoms with Gasteiger partial charge in [-0.2, -0.15) is 0 Å². The summed E-state index contributed by atoms with van der Waals surface area (Å²) >= 11 is 5.84. The molecule has 0 fully saturated rings. The minimum atomic E-state index is -3.68. The summed E-state index contributed by atoms with van der Waals surface area (Å²) in [5.74, 6) is 0.527. The van der Waals surface area contributed by atoms with Crippen LogP contribution in [0.4, 0.5) is 11.5 Å². The van der Waals surface area contributed by atoms with E-state index in [0.717, 1.165) is 0 Å². The molecule has 1 aromatic heterocycles. The van der Waals surface area contributed by atoms with E-state index in [0.29, 0.717) is 22.4 Å². The molecule has 0 saturated heterocycles. The van der Waals surface area contributed by atoms with Crippen LogP contribution in [0.1, 0.15) is 20.8 Å². The number of hydrogen-bond donors (Lipinski definition) is 2. The van der Waals surface area contributed by atoms with Crippen molar-refractivity contribution in [2.24, 2.45) is 0 Å². The summed E-state index contributed by atoms with van der Waals surface area (Å²) in [7, 11) is -2.26. The summed E-state index contributed by atoms with van der Waals surface area (Å²) in [6.45, 7) is 4.88. The Bertz CT molecular complexity index is 1160. The number of ether oxygens (including phenoxy) is 1. The Morgan fingerprint density at radius 1 is 1.14 bits per heavy atom. The SMILES string of the molecule is COc1cc2ncnc(Nc3ccc(Cl)c(O)c3)c2cc1S(=O)(=O)C(C)(C)C. The molecule has 0 spiro atoms. The Morgan fingerprint density at radius 3 is 2.46 bits per heavy atom. The topological polar surface area (TPSA) is 101 Å². The van der Waals surface area contributed by atoms with Crippen LogP contribution in [0.2, 0.25) is 5.02 Å². The minimum Gasteiger partial charge on any atom is -0.506 e. The van der Waals surface area contributed by atoms with Crippen molar-refractivity contribution in [3.63, 3.8) is 0 Å². The van der Waals surface area contributed by atoms with E-state index >= 15 is 0 Å². The average molecular weight is 422 g/mol. The lowest BCUT2D eigenvalue weighted by Crippen LogP contribution is -2.28. The highest BCUT2D eigenvalue weighted by Gasteiger charge is 2.34. The molecule has 0 saturated carbocycles. The first kappa shape index (κ1) is 20.2. The van der Waals surface area contributed by atoms with Crippen molar-refractivity contribution in [2.75, 3.05) is 12.4 Å². The fourth-order valence-corrected chi connectivity index (χ4v) is 4.05. The van der Waals surface area contributed by atoms with Gasteiger partial charge in [-0.1, -0.05) is 11.6 Å². The van der Waals surface area contributed by atoms with Gasteiger partial charge >= 0.3 is 0 Å². The standard InChI is InChI=1S/C19H20ClN3O4S/c1-19(2,3)28(25,26)17-8-12-14(9-16(17)27-4)21-10-22-18(12)23-11-5-6-13(20)15(24)7-11/h5-10,24H,1-4H3,(H,21,22,23). The largest absolute Gasteiger partial charge is 0.506 e. The highest BCUT2D eigenvalue weighted by Crippen LogP contribution is 2.37. The Morgan fingerprint density at radius 2 is 1.86 bits per heavy atom. The number of hydrogen-bond acceptors (Lipinski definition) is 7. The van der Waals surface area contributed by atoms with Gasteiger partial charge in [0.15, 0.2) is 9.84 Å². The van der Waals surface area contributed by atoms with Crippen molar-refractivity contribution in [3.8, 4) is 11.5 Å². The molecule has 0 radical (unpaired) electrons. The van der Waals surface area contributed by atoms with Crippen molar-refractivity contribution < 1.29 is 18.3 Å². The molecule has 0 amide bonds. The number of phenols is 1. The number of halogens is 1. The van der Waals surface area contributed by atoms with E-state index in [4.69, 9.17) is 16.3 Å². The molecule has 148 valence electrons. The van der Waals surface area contributed by atoms with Gasteiger partial charge in [0.2, 0.25) is 0 Å². The molecule has 1 heterocycles. The maximum Gasteiger partial charge on any atom is 0.186 e. The third-order valence-corrected chi connectivity index (χ3v) is 7.06. The van der Waals surface area contributed by atoms with E-state index in [1.54, 1.807) is 39.0 Å². The summed E-state index contributed by atoms with van der Waals surface area (Å²) in [5.41, 5.74) is 1.05. The number of sulfone groups is 1. The minimum absolute atomic E-state index is 0.0619. The Kier molecular flexibility index (Phi) is 5.12.